The molecule has 1 unspecified atom stereocenters. The van der Waals surface area contributed by atoms with E-state index < -0.39 is 34.1 Å². The molecule has 1 saturated carbocycles. The molecule has 2 heterocycles. The van der Waals surface area contributed by atoms with Crippen LogP contribution in [0.3, 0.4) is 0 Å². The molecule has 0 spiro atoms. The van der Waals surface area contributed by atoms with E-state index in [-0.39, 0.29) is 35.3 Å². The van der Waals surface area contributed by atoms with Gasteiger partial charge in [0.05, 0.1) is 18.6 Å². The molecule has 2 aromatic heterocycles. The fourth-order valence-electron chi connectivity index (χ4n) is 2.48. The van der Waals surface area contributed by atoms with Gasteiger partial charge >= 0.3 is 6.18 Å². The van der Waals surface area contributed by atoms with Crippen LogP contribution >= 0.6 is 0 Å². The molecule has 160 valence electrons. The van der Waals surface area contributed by atoms with E-state index in [1.54, 1.807) is 0 Å². The highest BCUT2D eigenvalue weighted by Crippen LogP contribution is 2.45. The molecule has 0 radical (unpaired) electrons. The van der Waals surface area contributed by atoms with Crippen molar-refractivity contribution in [3.05, 3.63) is 30.2 Å². The molecule has 1 aliphatic rings. The van der Waals surface area contributed by atoms with Crippen molar-refractivity contribution in [1.82, 2.24) is 9.97 Å². The summed E-state index contributed by atoms with van der Waals surface area (Å²) in [7, 11) is -1.27. The van der Waals surface area contributed by atoms with Crippen molar-refractivity contribution in [1.29, 1.82) is 5.26 Å². The first kappa shape index (κ1) is 21.8. The number of nitrogens with one attached hydrogen (secondary N) is 1. The average Bonchev–Trinajstić information content (AvgIpc) is 3.46. The summed E-state index contributed by atoms with van der Waals surface area (Å²) < 4.78 is 76.1. The predicted octanol–water partition coefficient (Wildman–Crippen LogP) is 3.61. The van der Waals surface area contributed by atoms with Crippen LogP contribution in [0.1, 0.15) is 12.8 Å². The Morgan fingerprint density at radius 2 is 2.10 bits per heavy atom. The first-order valence-corrected chi connectivity index (χ1v) is 9.93. The summed E-state index contributed by atoms with van der Waals surface area (Å²) >= 11 is 0. The molecule has 2 aromatic rings. The number of nitriles is 1. The second-order valence-electron chi connectivity index (χ2n) is 6.65. The predicted molar refractivity (Wildman–Crippen MR) is 99.4 cm³/mol. The number of anilines is 1. The van der Waals surface area contributed by atoms with Crippen LogP contribution < -0.4 is 14.2 Å². The minimum Gasteiger partial charge on any atom is -0.480 e. The fraction of sp³-hybridized carbons (Fsp3) is 0.389. The zero-order valence-electron chi connectivity index (χ0n) is 15.6. The van der Waals surface area contributed by atoms with Gasteiger partial charge in [0.15, 0.2) is 0 Å². The summed E-state index contributed by atoms with van der Waals surface area (Å²) in [5.74, 6) is -2.35. The highest BCUT2D eigenvalue weighted by molar-refractivity contribution is 7.86. The lowest BCUT2D eigenvalue weighted by molar-refractivity contribution is -0.105. The van der Waals surface area contributed by atoms with Gasteiger partial charge in [0.25, 0.3) is 0 Å². The van der Waals surface area contributed by atoms with Crippen LogP contribution in [0.4, 0.5) is 23.2 Å². The van der Waals surface area contributed by atoms with Crippen molar-refractivity contribution in [2.45, 2.75) is 19.0 Å². The molecule has 0 aliphatic heterocycles. The van der Waals surface area contributed by atoms with Crippen LogP contribution in [0, 0.1) is 22.6 Å². The standard InChI is InChI=1S/C18H16F4N4O3S/c1-28-16-13(26-30(27)10-18(20,21)22)6-11(7-24-16)15-12(19)2-3-14(25-15)29-9-17(8-23)4-5-17/h2-3,6-7,26H,4-5,9-10H2,1H3. The normalized spacial score (nSPS) is 15.7. The monoisotopic (exact) mass is 444 g/mol. The first-order chi connectivity index (χ1) is 14.1. The molecule has 1 atom stereocenters. The lowest BCUT2D eigenvalue weighted by Crippen LogP contribution is -2.23. The highest BCUT2D eigenvalue weighted by Gasteiger charge is 2.44. The molecule has 3 rings (SSSR count). The van der Waals surface area contributed by atoms with E-state index in [0.29, 0.717) is 12.8 Å². The largest absolute Gasteiger partial charge is 0.480 e. The highest BCUT2D eigenvalue weighted by atomic mass is 32.2. The minimum absolute atomic E-state index is 0.0823. The molecule has 1 aliphatic carbocycles. The number of rotatable bonds is 8. The second kappa shape index (κ2) is 8.43. The number of pyridine rings is 2. The van der Waals surface area contributed by atoms with Crippen molar-refractivity contribution in [3.63, 3.8) is 0 Å². The van der Waals surface area contributed by atoms with Gasteiger partial charge in [0.1, 0.15) is 40.5 Å². The minimum atomic E-state index is -4.64. The Morgan fingerprint density at radius 1 is 1.37 bits per heavy atom. The van der Waals surface area contributed by atoms with Crippen molar-refractivity contribution < 1.29 is 31.2 Å². The van der Waals surface area contributed by atoms with Gasteiger partial charge in [-0.05, 0) is 25.0 Å². The van der Waals surface area contributed by atoms with Crippen LogP contribution in [0.15, 0.2) is 24.4 Å². The van der Waals surface area contributed by atoms with E-state index in [4.69, 9.17) is 14.7 Å². The number of nitrogens with zero attached hydrogens (tertiary/aromatic N) is 3. The van der Waals surface area contributed by atoms with Gasteiger partial charge in [-0.15, -0.1) is 0 Å². The number of methoxy groups -OCH3 is 1. The Morgan fingerprint density at radius 3 is 2.70 bits per heavy atom. The smallest absolute Gasteiger partial charge is 0.402 e. The Kier molecular flexibility index (Phi) is 6.12. The SMILES string of the molecule is COc1ncc(-c2nc(OCC3(C#N)CC3)ccc2F)cc1NS(=O)CC(F)(F)F. The molecule has 1 fully saturated rings. The second-order valence-corrected chi connectivity index (χ2v) is 7.83. The number of alkyl halides is 3. The Balaban J connectivity index is 1.85. The molecule has 30 heavy (non-hydrogen) atoms. The number of ether oxygens (including phenoxy) is 2. The summed E-state index contributed by atoms with van der Waals surface area (Å²) in [5, 5.41) is 9.10. The lowest BCUT2D eigenvalue weighted by Gasteiger charge is -2.13. The van der Waals surface area contributed by atoms with Crippen LogP contribution in [-0.2, 0) is 11.0 Å². The van der Waals surface area contributed by atoms with Gasteiger partial charge in [-0.1, -0.05) is 0 Å². The molecule has 1 N–H and O–H groups in total. The molecule has 0 amide bonds. The third-order valence-electron chi connectivity index (χ3n) is 4.24. The number of hydrogen-bond acceptors (Lipinski definition) is 6. The van der Waals surface area contributed by atoms with E-state index in [0.717, 1.165) is 6.07 Å². The summed E-state index contributed by atoms with van der Waals surface area (Å²) in [5.41, 5.74) is -0.732. The van der Waals surface area contributed by atoms with Crippen LogP contribution in [0.25, 0.3) is 11.3 Å². The molecular weight excluding hydrogens is 428 g/mol. The van der Waals surface area contributed by atoms with Crippen LogP contribution in [-0.4, -0.2) is 39.8 Å². The summed E-state index contributed by atoms with van der Waals surface area (Å²) in [4.78, 5) is 7.98. The van der Waals surface area contributed by atoms with Gasteiger partial charge in [0, 0.05) is 17.8 Å². The van der Waals surface area contributed by atoms with E-state index in [9.17, 15) is 21.8 Å². The van der Waals surface area contributed by atoms with Gasteiger partial charge in [-0.2, -0.15) is 18.4 Å². The van der Waals surface area contributed by atoms with Gasteiger partial charge in [-0.25, -0.2) is 18.6 Å². The zero-order chi connectivity index (χ0) is 21.9. The maximum absolute atomic E-state index is 14.3. The quantitative estimate of drug-likeness (QED) is 0.625. The number of hydrogen-bond donors (Lipinski definition) is 1. The van der Waals surface area contributed by atoms with Crippen molar-refractivity contribution in [2.75, 3.05) is 24.2 Å². The maximum Gasteiger partial charge on any atom is 0.402 e. The van der Waals surface area contributed by atoms with Gasteiger partial charge < -0.3 is 9.47 Å². The number of aromatic nitrogens is 2. The third kappa shape index (κ3) is 5.35. The Labute approximate surface area is 171 Å². The fourth-order valence-corrected chi connectivity index (χ4v) is 3.24. The summed E-state index contributed by atoms with van der Waals surface area (Å²) in [6.07, 6.45) is -2.00. The molecule has 0 saturated heterocycles. The molecule has 7 nitrogen and oxygen atoms in total. The van der Waals surface area contributed by atoms with E-state index in [1.165, 1.54) is 25.4 Å². The zero-order valence-corrected chi connectivity index (χ0v) is 16.4. The molecule has 12 heteroatoms. The van der Waals surface area contributed by atoms with Crippen LogP contribution in [0.2, 0.25) is 0 Å². The van der Waals surface area contributed by atoms with E-state index >= 15 is 0 Å². The molecule has 0 aromatic carbocycles. The van der Waals surface area contributed by atoms with E-state index in [1.807, 2.05) is 0 Å². The third-order valence-corrected chi connectivity index (χ3v) is 5.28. The van der Waals surface area contributed by atoms with Gasteiger partial charge in [-0.3, -0.25) is 4.72 Å². The lowest BCUT2D eigenvalue weighted by atomic mass is 10.1. The summed E-state index contributed by atoms with van der Waals surface area (Å²) in [6.45, 7) is 0.117. The summed E-state index contributed by atoms with van der Waals surface area (Å²) in [6, 6.07) is 5.82. The number of halogens is 4. The molecular formula is C18H16F4N4O3S. The van der Waals surface area contributed by atoms with Gasteiger partial charge in [0.2, 0.25) is 11.8 Å². The topological polar surface area (TPSA) is 97.1 Å². The van der Waals surface area contributed by atoms with Crippen molar-refractivity contribution >= 4 is 16.7 Å². The Bertz CT molecular complexity index is 1010. The van der Waals surface area contributed by atoms with Crippen molar-refractivity contribution in [2.24, 2.45) is 5.41 Å². The first-order valence-electron chi connectivity index (χ1n) is 8.61. The average molecular weight is 444 g/mol. The van der Waals surface area contributed by atoms with E-state index in [2.05, 4.69) is 20.8 Å². The molecule has 0 bridgehead atoms. The van der Waals surface area contributed by atoms with Crippen LogP contribution in [0.5, 0.6) is 11.8 Å². The van der Waals surface area contributed by atoms with Crippen molar-refractivity contribution in [3.8, 4) is 29.1 Å². The Hall–Kier alpha value is -2.94. The maximum atomic E-state index is 14.3.